The normalized spacial score (nSPS) is 18.2. The van der Waals surface area contributed by atoms with Gasteiger partial charge in [-0.05, 0) is 87.7 Å². The van der Waals surface area contributed by atoms with Crippen LogP contribution in [0.1, 0.15) is 44.5 Å². The number of anilines is 4. The van der Waals surface area contributed by atoms with Crippen LogP contribution in [0.4, 0.5) is 23.0 Å². The molecule has 2 amide bonds. The SMILES string of the molecule is CCN1C(=O)C2=C(c3ccc(N(c4ccccc4)C4C=CC=CC4)n3C)N(CC)C(=O)C2=C1c1ccc(N(C2=CC=CCC2)c2ccccc2)n1C. The van der Waals surface area contributed by atoms with Crippen molar-refractivity contribution in [2.75, 3.05) is 22.9 Å². The zero-order valence-corrected chi connectivity index (χ0v) is 30.2. The maximum atomic E-state index is 14.6. The summed E-state index contributed by atoms with van der Waals surface area (Å²) in [5.74, 6) is 1.67. The van der Waals surface area contributed by atoms with Gasteiger partial charge in [0.05, 0.1) is 40.0 Å². The Bertz CT molecular complexity index is 2230. The second-order valence-corrected chi connectivity index (χ2v) is 13.4. The molecule has 2 aliphatic carbocycles. The quantitative estimate of drug-likeness (QED) is 0.168. The van der Waals surface area contributed by atoms with E-state index in [0.717, 1.165) is 53.7 Å². The van der Waals surface area contributed by atoms with Crippen molar-refractivity contribution in [3.05, 3.63) is 156 Å². The first-order chi connectivity index (χ1) is 25.4. The molecule has 8 rings (SSSR count). The fourth-order valence-electron chi connectivity index (χ4n) is 8.12. The summed E-state index contributed by atoms with van der Waals surface area (Å²) in [5, 5.41) is 0. The minimum Gasteiger partial charge on any atom is -0.329 e. The molecule has 0 N–H and O–H groups in total. The monoisotopic (exact) mass is 688 g/mol. The van der Waals surface area contributed by atoms with Crippen molar-refractivity contribution in [3.8, 4) is 0 Å². The van der Waals surface area contributed by atoms with Crippen molar-refractivity contribution in [1.82, 2.24) is 18.9 Å². The molecule has 0 saturated heterocycles. The molecular formula is C44H44N6O2. The lowest BCUT2D eigenvalue weighted by Gasteiger charge is -2.33. The van der Waals surface area contributed by atoms with E-state index in [1.54, 1.807) is 9.80 Å². The fourth-order valence-corrected chi connectivity index (χ4v) is 8.12. The Hall–Kier alpha value is -6.02. The van der Waals surface area contributed by atoms with Gasteiger partial charge in [0.2, 0.25) is 0 Å². The van der Waals surface area contributed by atoms with Crippen molar-refractivity contribution in [2.45, 2.75) is 39.2 Å². The largest absolute Gasteiger partial charge is 0.329 e. The molecular weight excluding hydrogens is 645 g/mol. The van der Waals surface area contributed by atoms with Crippen LogP contribution in [0.5, 0.6) is 0 Å². The van der Waals surface area contributed by atoms with E-state index in [1.807, 2.05) is 40.1 Å². The third-order valence-electron chi connectivity index (χ3n) is 10.6. The van der Waals surface area contributed by atoms with Crippen molar-refractivity contribution in [1.29, 1.82) is 0 Å². The highest BCUT2D eigenvalue weighted by Crippen LogP contribution is 2.48. The highest BCUT2D eigenvalue weighted by Gasteiger charge is 2.49. The Morgan fingerprint density at radius 2 is 1.23 bits per heavy atom. The van der Waals surface area contributed by atoms with E-state index in [9.17, 15) is 9.59 Å². The van der Waals surface area contributed by atoms with Gasteiger partial charge in [0.25, 0.3) is 11.8 Å². The smallest absolute Gasteiger partial charge is 0.261 e. The van der Waals surface area contributed by atoms with E-state index < -0.39 is 0 Å². The second kappa shape index (κ2) is 13.6. The number of fused-ring (bicyclic) bond motifs is 1. The van der Waals surface area contributed by atoms with E-state index in [4.69, 9.17) is 0 Å². The predicted molar refractivity (Wildman–Crippen MR) is 210 cm³/mol. The number of para-hydroxylation sites is 2. The van der Waals surface area contributed by atoms with Gasteiger partial charge in [0, 0.05) is 44.3 Å². The molecule has 0 spiro atoms. The number of carbonyl (C=O) groups is 2. The van der Waals surface area contributed by atoms with Crippen LogP contribution in [-0.2, 0) is 23.7 Å². The van der Waals surface area contributed by atoms with Crippen molar-refractivity contribution >= 4 is 46.2 Å². The van der Waals surface area contributed by atoms with E-state index in [1.165, 1.54) is 5.70 Å². The number of allylic oxidation sites excluding steroid dienone is 6. The van der Waals surface area contributed by atoms with Gasteiger partial charge in [0.1, 0.15) is 11.6 Å². The van der Waals surface area contributed by atoms with Crippen LogP contribution in [0.15, 0.2) is 144 Å². The molecule has 0 saturated carbocycles. The summed E-state index contributed by atoms with van der Waals surface area (Å²) in [6.45, 7) is 4.83. The van der Waals surface area contributed by atoms with Gasteiger partial charge in [-0.1, -0.05) is 72.9 Å². The molecule has 4 heterocycles. The first-order valence-corrected chi connectivity index (χ1v) is 18.3. The average Bonchev–Trinajstić information content (AvgIpc) is 3.91. The number of hydrogen-bond donors (Lipinski definition) is 0. The third-order valence-corrected chi connectivity index (χ3v) is 10.6. The highest BCUT2D eigenvalue weighted by atomic mass is 16.2. The van der Waals surface area contributed by atoms with E-state index in [0.29, 0.717) is 35.6 Å². The molecule has 1 atom stereocenters. The molecule has 0 radical (unpaired) electrons. The number of amides is 2. The van der Waals surface area contributed by atoms with Crippen LogP contribution in [0.25, 0.3) is 11.4 Å². The Morgan fingerprint density at radius 3 is 1.77 bits per heavy atom. The Morgan fingerprint density at radius 1 is 0.654 bits per heavy atom. The summed E-state index contributed by atoms with van der Waals surface area (Å²) < 4.78 is 4.26. The van der Waals surface area contributed by atoms with Gasteiger partial charge in [-0.2, -0.15) is 0 Å². The first kappa shape index (κ1) is 33.1. The summed E-state index contributed by atoms with van der Waals surface area (Å²) in [6, 6.07) is 29.2. The molecule has 2 aromatic heterocycles. The Labute approximate surface area is 305 Å². The van der Waals surface area contributed by atoms with E-state index >= 15 is 0 Å². The number of benzene rings is 2. The lowest BCUT2D eigenvalue weighted by Crippen LogP contribution is -2.32. The van der Waals surface area contributed by atoms with Crippen LogP contribution in [-0.4, -0.2) is 49.9 Å². The lowest BCUT2D eigenvalue weighted by atomic mass is 10.1. The molecule has 0 fully saturated rings. The molecule has 262 valence electrons. The number of rotatable bonds is 10. The first-order valence-electron chi connectivity index (χ1n) is 18.3. The number of aromatic nitrogens is 2. The van der Waals surface area contributed by atoms with Crippen molar-refractivity contribution in [2.24, 2.45) is 14.1 Å². The molecule has 52 heavy (non-hydrogen) atoms. The topological polar surface area (TPSA) is 57.0 Å². The van der Waals surface area contributed by atoms with Crippen molar-refractivity contribution in [3.63, 3.8) is 0 Å². The van der Waals surface area contributed by atoms with Gasteiger partial charge in [0.15, 0.2) is 0 Å². The number of nitrogens with zero attached hydrogens (tertiary/aromatic N) is 6. The van der Waals surface area contributed by atoms with Gasteiger partial charge >= 0.3 is 0 Å². The minimum absolute atomic E-state index is 0.118. The second-order valence-electron chi connectivity index (χ2n) is 13.4. The molecule has 2 aliphatic heterocycles. The molecule has 4 aromatic rings. The van der Waals surface area contributed by atoms with Gasteiger partial charge in [-0.25, -0.2) is 0 Å². The van der Waals surface area contributed by atoms with Gasteiger partial charge in [-0.15, -0.1) is 0 Å². The third kappa shape index (κ3) is 5.29. The summed E-state index contributed by atoms with van der Waals surface area (Å²) in [4.78, 5) is 37.4. The summed E-state index contributed by atoms with van der Waals surface area (Å²) in [7, 11) is 4.06. The zero-order valence-electron chi connectivity index (χ0n) is 30.2. The zero-order chi connectivity index (χ0) is 35.9. The number of likely N-dealkylation sites (N-methyl/N-ethyl adjacent to an activating group) is 2. The number of carbonyl (C=O) groups excluding carboxylic acids is 2. The maximum absolute atomic E-state index is 14.6. The van der Waals surface area contributed by atoms with Crippen LogP contribution < -0.4 is 9.80 Å². The van der Waals surface area contributed by atoms with E-state index in [-0.39, 0.29) is 17.9 Å². The Kier molecular flexibility index (Phi) is 8.67. The highest BCUT2D eigenvalue weighted by molar-refractivity contribution is 6.30. The molecule has 0 bridgehead atoms. The van der Waals surface area contributed by atoms with Crippen LogP contribution in [0.2, 0.25) is 0 Å². The lowest BCUT2D eigenvalue weighted by molar-refractivity contribution is -0.124. The summed E-state index contributed by atoms with van der Waals surface area (Å²) in [5.41, 5.74) is 7.27. The minimum atomic E-state index is -0.141. The summed E-state index contributed by atoms with van der Waals surface area (Å²) in [6.07, 6.45) is 17.8. The fraction of sp³-hybridized carbons (Fsp3) is 0.227. The average molecular weight is 689 g/mol. The Balaban J connectivity index is 1.28. The summed E-state index contributed by atoms with van der Waals surface area (Å²) >= 11 is 0. The van der Waals surface area contributed by atoms with Crippen LogP contribution in [0.3, 0.4) is 0 Å². The molecule has 8 heteroatoms. The van der Waals surface area contributed by atoms with Gasteiger partial charge < -0.3 is 28.7 Å². The van der Waals surface area contributed by atoms with Crippen LogP contribution in [0, 0.1) is 0 Å². The standard InChI is InChI=1S/C44H44N6O2/c1-5-47-41(35-27-29-37(45(35)3)49(31-19-11-7-12-20-31)32-21-13-8-14-22-32)39-40(43(47)51)42(48(6-2)44(39)52)36-28-30-38(46(36)4)50(33-23-15-9-16-24-33)34-25-17-10-18-26-34/h7-17,19-21,23-25,27-30,32H,5-6,18,22,26H2,1-4H3. The van der Waals surface area contributed by atoms with Crippen LogP contribution >= 0.6 is 0 Å². The van der Waals surface area contributed by atoms with Gasteiger partial charge in [-0.3, -0.25) is 9.59 Å². The molecule has 1 unspecified atom stereocenters. The van der Waals surface area contributed by atoms with Crippen molar-refractivity contribution < 1.29 is 9.59 Å². The molecule has 2 aromatic carbocycles. The molecule has 4 aliphatic rings. The maximum Gasteiger partial charge on any atom is 0.261 e. The van der Waals surface area contributed by atoms with E-state index in [2.05, 4.69) is 134 Å². The molecule has 8 nitrogen and oxygen atoms in total. The predicted octanol–water partition coefficient (Wildman–Crippen LogP) is 8.61. The number of hydrogen-bond acceptors (Lipinski definition) is 4.